The van der Waals surface area contributed by atoms with E-state index >= 15 is 0 Å². The normalized spacial score (nSPS) is 9.63. The molecule has 140 valence electrons. The van der Waals surface area contributed by atoms with E-state index in [-0.39, 0.29) is 46.5 Å². The summed E-state index contributed by atoms with van der Waals surface area (Å²) in [5.74, 6) is 0. The Hall–Kier alpha value is -1.05. The Bertz CT molecular complexity index is 883. The van der Waals surface area contributed by atoms with Gasteiger partial charge in [-0.2, -0.15) is 11.1 Å². The molecule has 0 spiro atoms. The number of hydrogen-bond acceptors (Lipinski definition) is 0. The van der Waals surface area contributed by atoms with Gasteiger partial charge in [0.25, 0.3) is 0 Å². The summed E-state index contributed by atoms with van der Waals surface area (Å²) in [6, 6.07) is 21.8. The molecule has 4 aromatic rings. The van der Waals surface area contributed by atoms with Gasteiger partial charge in [-0.3, -0.25) is 0 Å². The van der Waals surface area contributed by atoms with Crippen molar-refractivity contribution in [3.63, 3.8) is 0 Å². The topological polar surface area (TPSA) is 0 Å². The van der Waals surface area contributed by atoms with Crippen LogP contribution in [0.1, 0.15) is 36.1 Å². The summed E-state index contributed by atoms with van der Waals surface area (Å²) in [7, 11) is 0. The molecule has 0 saturated carbocycles. The minimum atomic E-state index is 0. The summed E-state index contributed by atoms with van der Waals surface area (Å²) in [5.41, 5.74) is 5.87. The smallest absolute Gasteiger partial charge is 1.00 e. The molecule has 0 radical (unpaired) electrons. The molecule has 0 fully saturated rings. The molecular formula is C24H26Cl2Ti. The van der Waals surface area contributed by atoms with Crippen LogP contribution in [0.15, 0.2) is 60.7 Å². The van der Waals surface area contributed by atoms with Crippen molar-refractivity contribution >= 4 is 21.5 Å². The van der Waals surface area contributed by atoms with Crippen molar-refractivity contribution in [1.29, 1.82) is 0 Å². The van der Waals surface area contributed by atoms with E-state index in [0.717, 1.165) is 12.8 Å². The first kappa shape index (κ1) is 26.0. The molecule has 4 aromatic carbocycles. The molecule has 0 saturated heterocycles. The molecule has 0 aromatic heterocycles. The quantitative estimate of drug-likeness (QED) is 0.325. The monoisotopic (exact) mass is 432 g/mol. The van der Waals surface area contributed by atoms with Crippen LogP contribution in [0.3, 0.4) is 0 Å². The van der Waals surface area contributed by atoms with Gasteiger partial charge >= 0.3 is 21.7 Å². The van der Waals surface area contributed by atoms with Gasteiger partial charge in [-0.1, -0.05) is 39.8 Å². The molecule has 3 heteroatoms. The minimum absolute atomic E-state index is 0. The average molecular weight is 433 g/mol. The summed E-state index contributed by atoms with van der Waals surface area (Å²) in [5, 5.41) is 5.59. The second kappa shape index (κ2) is 11.7. The summed E-state index contributed by atoms with van der Waals surface area (Å²) >= 11 is 0. The van der Waals surface area contributed by atoms with Crippen LogP contribution >= 0.6 is 0 Å². The largest absolute Gasteiger partial charge is 4.00 e. The third kappa shape index (κ3) is 5.49. The van der Waals surface area contributed by atoms with Gasteiger partial charge in [-0.05, 0) is 12.8 Å². The number of hydrogen-bond donors (Lipinski definition) is 0. The van der Waals surface area contributed by atoms with Crippen LogP contribution in [0.5, 0.6) is 0 Å². The van der Waals surface area contributed by atoms with Gasteiger partial charge in [0.15, 0.2) is 0 Å². The van der Waals surface area contributed by atoms with Gasteiger partial charge in [0.2, 0.25) is 0 Å². The van der Waals surface area contributed by atoms with E-state index in [4.69, 9.17) is 0 Å². The number of halogens is 2. The summed E-state index contributed by atoms with van der Waals surface area (Å²) in [6.07, 6.45) is 2.28. The molecule has 0 amide bonds. The molecule has 4 rings (SSSR count). The van der Waals surface area contributed by atoms with Crippen molar-refractivity contribution in [1.82, 2.24) is 0 Å². The fourth-order valence-electron chi connectivity index (χ4n) is 3.60. The number of rotatable bonds is 2. The summed E-state index contributed by atoms with van der Waals surface area (Å²) < 4.78 is 0. The Balaban J connectivity index is 0.000000451. The van der Waals surface area contributed by atoms with Crippen molar-refractivity contribution in [3.05, 3.63) is 82.9 Å². The molecule has 0 nitrogen and oxygen atoms in total. The fourth-order valence-corrected chi connectivity index (χ4v) is 3.60. The number of benzene rings is 2. The molecule has 0 bridgehead atoms. The van der Waals surface area contributed by atoms with E-state index < -0.39 is 0 Å². The molecule has 27 heavy (non-hydrogen) atoms. The zero-order valence-electron chi connectivity index (χ0n) is 16.4. The van der Waals surface area contributed by atoms with Crippen molar-refractivity contribution in [2.75, 3.05) is 0 Å². The molecule has 0 aliphatic rings. The third-order valence-electron chi connectivity index (χ3n) is 5.11. The Morgan fingerprint density at radius 2 is 0.963 bits per heavy atom. The van der Waals surface area contributed by atoms with Crippen molar-refractivity contribution in [2.24, 2.45) is 0 Å². The van der Waals surface area contributed by atoms with Gasteiger partial charge in [0.05, 0.1) is 0 Å². The van der Waals surface area contributed by atoms with Crippen LogP contribution < -0.4 is 24.8 Å². The standard InChI is InChI=1S/2C12H13.2ClH.Ti/c2*1-3-10-8-11-6-4-5-7-12(11)9(10)2;;;/h2*4-8H,3H2,1-2H3;2*1H;/q2*-1;;;+4/p-2. The zero-order valence-corrected chi connectivity index (χ0v) is 19.5. The average Bonchev–Trinajstić information content (AvgIpc) is 3.13. The van der Waals surface area contributed by atoms with Gasteiger partial charge < -0.3 is 24.8 Å². The van der Waals surface area contributed by atoms with Crippen molar-refractivity contribution in [3.8, 4) is 0 Å². The second-order valence-electron chi connectivity index (χ2n) is 6.47. The SMILES string of the molecule is CCc1[cH-]c2ccccc2c1C.CCc1[cH-]c2ccccc2c1C.[Cl-].[Cl-].[Ti+4]. The van der Waals surface area contributed by atoms with Gasteiger partial charge in [0, 0.05) is 0 Å². The first-order valence-electron chi connectivity index (χ1n) is 8.93. The number of aryl methyl sites for hydroxylation is 4. The van der Waals surface area contributed by atoms with Crippen LogP contribution in [0, 0.1) is 13.8 Å². The van der Waals surface area contributed by atoms with Crippen LogP contribution in [0.2, 0.25) is 0 Å². The first-order chi connectivity index (χ1) is 11.7. The van der Waals surface area contributed by atoms with E-state index in [0.29, 0.717) is 0 Å². The van der Waals surface area contributed by atoms with Crippen LogP contribution in [-0.2, 0) is 34.6 Å². The van der Waals surface area contributed by atoms with E-state index in [1.165, 1.54) is 43.8 Å². The van der Waals surface area contributed by atoms with E-state index in [1.807, 2.05) is 0 Å². The van der Waals surface area contributed by atoms with E-state index in [1.54, 1.807) is 0 Å². The Morgan fingerprint density at radius 1 is 0.630 bits per heavy atom. The zero-order chi connectivity index (χ0) is 17.1. The molecule has 0 atom stereocenters. The van der Waals surface area contributed by atoms with Gasteiger partial charge in [0.1, 0.15) is 0 Å². The fraction of sp³-hybridized carbons (Fsp3) is 0.250. The molecule has 0 N–H and O–H groups in total. The third-order valence-corrected chi connectivity index (χ3v) is 5.11. The summed E-state index contributed by atoms with van der Waals surface area (Å²) in [6.45, 7) is 8.84. The minimum Gasteiger partial charge on any atom is -1.00 e. The Kier molecular flexibility index (Phi) is 11.3. The van der Waals surface area contributed by atoms with Crippen molar-refractivity contribution < 1.29 is 46.5 Å². The van der Waals surface area contributed by atoms with Crippen LogP contribution in [-0.4, -0.2) is 0 Å². The van der Waals surface area contributed by atoms with Crippen LogP contribution in [0.25, 0.3) is 21.5 Å². The van der Waals surface area contributed by atoms with Gasteiger partial charge in [-0.25, -0.2) is 0 Å². The Morgan fingerprint density at radius 3 is 1.26 bits per heavy atom. The Labute approximate surface area is 190 Å². The van der Waals surface area contributed by atoms with E-state index in [9.17, 15) is 0 Å². The molecular weight excluding hydrogens is 407 g/mol. The first-order valence-corrected chi connectivity index (χ1v) is 8.93. The molecule has 0 aliphatic heterocycles. The maximum atomic E-state index is 2.30. The van der Waals surface area contributed by atoms with Crippen molar-refractivity contribution in [2.45, 2.75) is 40.5 Å². The maximum absolute atomic E-state index is 2.30. The van der Waals surface area contributed by atoms with Gasteiger partial charge in [-0.15, -0.1) is 81.2 Å². The van der Waals surface area contributed by atoms with Crippen LogP contribution in [0.4, 0.5) is 0 Å². The molecule has 0 aliphatic carbocycles. The van der Waals surface area contributed by atoms with E-state index in [2.05, 4.69) is 88.4 Å². The summed E-state index contributed by atoms with van der Waals surface area (Å²) in [4.78, 5) is 0. The number of fused-ring (bicyclic) bond motifs is 2. The molecule has 0 unspecified atom stereocenters. The molecule has 0 heterocycles. The second-order valence-corrected chi connectivity index (χ2v) is 6.47. The predicted octanol–water partition coefficient (Wildman–Crippen LogP) is 0.865. The predicted molar refractivity (Wildman–Crippen MR) is 107 cm³/mol. The maximum Gasteiger partial charge on any atom is 4.00 e.